The molecule has 0 radical (unpaired) electrons. The molecule has 2 heterocycles. The first kappa shape index (κ1) is 19.8. The van der Waals surface area contributed by atoms with Gasteiger partial charge in [0.25, 0.3) is 0 Å². The minimum absolute atomic E-state index is 0.562. The highest BCUT2D eigenvalue weighted by Gasteiger charge is 2.17. The van der Waals surface area contributed by atoms with E-state index < -0.39 is 0 Å². The van der Waals surface area contributed by atoms with E-state index in [4.69, 9.17) is 0 Å². The molecule has 0 N–H and O–H groups in total. The van der Waals surface area contributed by atoms with Crippen molar-refractivity contribution in [1.82, 2.24) is 9.80 Å². The summed E-state index contributed by atoms with van der Waals surface area (Å²) < 4.78 is 0. The Bertz CT molecular complexity index is 919. The van der Waals surface area contributed by atoms with Crippen LogP contribution in [0.3, 0.4) is 0 Å². The van der Waals surface area contributed by atoms with Crippen LogP contribution >= 0.6 is 11.3 Å². The maximum absolute atomic E-state index is 11.5. The lowest BCUT2D eigenvalue weighted by Crippen LogP contribution is -2.28. The zero-order valence-electron chi connectivity index (χ0n) is 16.1. The van der Waals surface area contributed by atoms with Crippen molar-refractivity contribution in [2.24, 2.45) is 4.99 Å². The Morgan fingerprint density at radius 2 is 2.11 bits per heavy atom. The topological polar surface area (TPSA) is 59.7 Å². The van der Waals surface area contributed by atoms with Gasteiger partial charge in [-0.25, -0.2) is 4.99 Å². The first-order valence-electron chi connectivity index (χ1n) is 9.37. The summed E-state index contributed by atoms with van der Waals surface area (Å²) in [6.45, 7) is 6.80. The third-order valence-corrected chi connectivity index (χ3v) is 5.96. The molecule has 0 aliphatic carbocycles. The van der Waals surface area contributed by atoms with Crippen LogP contribution in [0.25, 0.3) is 5.70 Å². The molecule has 28 heavy (non-hydrogen) atoms. The molecular weight excluding hydrogens is 368 g/mol. The summed E-state index contributed by atoms with van der Waals surface area (Å²) in [5, 5.41) is 11.1. The zero-order valence-corrected chi connectivity index (χ0v) is 16.9. The molecule has 144 valence electrons. The number of benzene rings is 1. The molecule has 0 saturated carbocycles. The molecule has 0 bridgehead atoms. The number of thiophene rings is 1. The molecule has 1 fully saturated rings. The Morgan fingerprint density at radius 1 is 1.36 bits per heavy atom. The number of aldehydes is 1. The van der Waals surface area contributed by atoms with Gasteiger partial charge in [-0.2, -0.15) is 5.26 Å². The van der Waals surface area contributed by atoms with E-state index in [1.54, 1.807) is 0 Å². The highest BCUT2D eigenvalue weighted by molar-refractivity contribution is 7.12. The number of likely N-dealkylation sites (tertiary alicyclic amines) is 1. The van der Waals surface area contributed by atoms with Gasteiger partial charge in [-0.15, -0.1) is 11.3 Å². The van der Waals surface area contributed by atoms with E-state index in [0.29, 0.717) is 23.4 Å². The van der Waals surface area contributed by atoms with Gasteiger partial charge in [-0.1, -0.05) is 24.8 Å². The Labute approximate surface area is 170 Å². The number of aliphatic imine (C=N–C) groups is 1. The number of nitrogens with zero attached hydrogens (tertiary/aromatic N) is 4. The smallest absolute Gasteiger partial charge is 0.153 e. The second-order valence-corrected chi connectivity index (χ2v) is 7.78. The second kappa shape index (κ2) is 9.34. The summed E-state index contributed by atoms with van der Waals surface area (Å²) in [4.78, 5) is 21.2. The van der Waals surface area contributed by atoms with Crippen LogP contribution in [0.5, 0.6) is 0 Å². The maximum atomic E-state index is 11.5. The highest BCUT2D eigenvalue weighted by atomic mass is 32.1. The summed E-state index contributed by atoms with van der Waals surface area (Å²) in [6, 6.07) is 9.78. The standard InChI is InChI=1S/C22H24N4OS/c1-17(25(2)13-19-9-5-4-8-18(19)12-23)22-21(20(14-27)15-28-22)24-16-26-10-6-3-7-11-26/h4-5,8-9,14-16H,1,3,6-7,10-11,13H2,2H3/b24-16+. The lowest BCUT2D eigenvalue weighted by molar-refractivity contribution is 0.112. The van der Waals surface area contributed by atoms with Crippen molar-refractivity contribution in [2.75, 3.05) is 20.1 Å². The molecular formula is C22H24N4OS. The number of nitriles is 1. The molecule has 0 atom stereocenters. The van der Waals surface area contributed by atoms with Gasteiger partial charge in [0.1, 0.15) is 0 Å². The fraction of sp³-hybridized carbons (Fsp3) is 0.318. The number of piperidine rings is 1. The third kappa shape index (κ3) is 4.49. The number of carbonyl (C=O) groups is 1. The van der Waals surface area contributed by atoms with Gasteiger partial charge in [0.2, 0.25) is 0 Å². The van der Waals surface area contributed by atoms with Crippen molar-refractivity contribution in [1.29, 1.82) is 5.26 Å². The van der Waals surface area contributed by atoms with Crippen molar-refractivity contribution in [2.45, 2.75) is 25.8 Å². The molecule has 2 aromatic rings. The Hall–Kier alpha value is -2.91. The monoisotopic (exact) mass is 392 g/mol. The van der Waals surface area contributed by atoms with Crippen molar-refractivity contribution in [3.05, 3.63) is 57.8 Å². The highest BCUT2D eigenvalue weighted by Crippen LogP contribution is 2.36. The minimum atomic E-state index is 0.562. The molecule has 3 rings (SSSR count). The van der Waals surface area contributed by atoms with E-state index in [-0.39, 0.29) is 0 Å². The lowest BCUT2D eigenvalue weighted by Gasteiger charge is -2.24. The van der Waals surface area contributed by atoms with Crippen LogP contribution in [0.15, 0.2) is 41.2 Å². The van der Waals surface area contributed by atoms with Crippen LogP contribution in [0.4, 0.5) is 5.69 Å². The van der Waals surface area contributed by atoms with Crippen LogP contribution in [-0.2, 0) is 6.54 Å². The maximum Gasteiger partial charge on any atom is 0.153 e. The molecule has 1 aromatic carbocycles. The lowest BCUT2D eigenvalue weighted by atomic mass is 10.1. The Balaban J connectivity index is 1.81. The molecule has 1 aliphatic heterocycles. The molecule has 6 heteroatoms. The molecule has 1 aliphatic rings. The molecule has 0 unspecified atom stereocenters. The van der Waals surface area contributed by atoms with Crippen molar-refractivity contribution in [3.8, 4) is 6.07 Å². The first-order valence-corrected chi connectivity index (χ1v) is 10.3. The van der Waals surface area contributed by atoms with Gasteiger partial charge in [-0.05, 0) is 30.9 Å². The van der Waals surface area contributed by atoms with Gasteiger partial charge >= 0.3 is 0 Å². The van der Waals surface area contributed by atoms with Crippen LogP contribution in [0.1, 0.15) is 45.6 Å². The zero-order chi connectivity index (χ0) is 19.9. The first-order chi connectivity index (χ1) is 13.6. The summed E-state index contributed by atoms with van der Waals surface area (Å²) >= 11 is 1.47. The SMILES string of the molecule is C=C(c1scc(C=O)c1/N=C/N1CCCCC1)N(C)Cc1ccccc1C#N. The van der Waals surface area contributed by atoms with E-state index in [1.165, 1.54) is 30.6 Å². The quantitative estimate of drug-likeness (QED) is 0.390. The summed E-state index contributed by atoms with van der Waals surface area (Å²) in [5.41, 5.74) is 3.65. The van der Waals surface area contributed by atoms with E-state index in [9.17, 15) is 10.1 Å². The van der Waals surface area contributed by atoms with Gasteiger partial charge in [0, 0.05) is 37.8 Å². The van der Waals surface area contributed by atoms with E-state index in [1.807, 2.05) is 47.9 Å². The van der Waals surface area contributed by atoms with Crippen LogP contribution in [0, 0.1) is 11.3 Å². The predicted octanol–water partition coefficient (Wildman–Crippen LogP) is 4.68. The average Bonchev–Trinajstić information content (AvgIpc) is 3.15. The van der Waals surface area contributed by atoms with Crippen molar-refractivity contribution >= 4 is 35.3 Å². The number of hydrogen-bond acceptors (Lipinski definition) is 5. The third-order valence-electron chi connectivity index (χ3n) is 4.93. The molecule has 0 amide bonds. The number of rotatable bonds is 7. The van der Waals surface area contributed by atoms with Crippen LogP contribution < -0.4 is 0 Å². The number of carbonyl (C=O) groups excluding carboxylic acids is 1. The van der Waals surface area contributed by atoms with Crippen molar-refractivity contribution < 1.29 is 4.79 Å². The second-order valence-electron chi connectivity index (χ2n) is 6.90. The minimum Gasteiger partial charge on any atom is -0.369 e. The van der Waals surface area contributed by atoms with Gasteiger partial charge in [-0.3, -0.25) is 4.79 Å². The van der Waals surface area contributed by atoms with E-state index in [2.05, 4.69) is 22.5 Å². The summed E-state index contributed by atoms with van der Waals surface area (Å²) in [5.74, 6) is 0. The van der Waals surface area contributed by atoms with E-state index in [0.717, 1.165) is 35.5 Å². The number of hydrogen-bond donors (Lipinski definition) is 0. The fourth-order valence-electron chi connectivity index (χ4n) is 3.25. The fourth-order valence-corrected chi connectivity index (χ4v) is 4.24. The van der Waals surface area contributed by atoms with Crippen LogP contribution in [-0.4, -0.2) is 42.6 Å². The molecule has 1 saturated heterocycles. The Morgan fingerprint density at radius 3 is 2.82 bits per heavy atom. The molecule has 0 spiro atoms. The van der Waals surface area contributed by atoms with Gasteiger partial charge < -0.3 is 9.80 Å². The van der Waals surface area contributed by atoms with Crippen LogP contribution in [0.2, 0.25) is 0 Å². The molecule has 5 nitrogen and oxygen atoms in total. The van der Waals surface area contributed by atoms with Crippen molar-refractivity contribution in [3.63, 3.8) is 0 Å². The Kier molecular flexibility index (Phi) is 6.62. The van der Waals surface area contributed by atoms with Gasteiger partial charge in [0.15, 0.2) is 6.29 Å². The average molecular weight is 393 g/mol. The summed E-state index contributed by atoms with van der Waals surface area (Å²) in [6.07, 6.45) is 6.32. The predicted molar refractivity (Wildman–Crippen MR) is 115 cm³/mol. The van der Waals surface area contributed by atoms with E-state index >= 15 is 0 Å². The summed E-state index contributed by atoms with van der Waals surface area (Å²) in [7, 11) is 1.94. The largest absolute Gasteiger partial charge is 0.369 e. The van der Waals surface area contributed by atoms with Gasteiger partial charge in [0.05, 0.1) is 34.1 Å². The normalized spacial score (nSPS) is 14.1. The molecule has 1 aromatic heterocycles.